The molecule has 3 nitrogen and oxygen atoms in total. The van der Waals surface area contributed by atoms with Crippen LogP contribution >= 0.6 is 0 Å². The molecule has 0 atom stereocenters. The first-order chi connectivity index (χ1) is 8.66. The smallest absolute Gasteiger partial charge is 0.191 e. The van der Waals surface area contributed by atoms with E-state index in [2.05, 4.69) is 9.89 Å². The average molecular weight is 249 g/mol. The first-order valence-corrected chi connectivity index (χ1v) is 6.47. The van der Waals surface area contributed by atoms with E-state index in [1.165, 1.54) is 25.3 Å². The number of guanidine groups is 1. The van der Waals surface area contributed by atoms with Gasteiger partial charge in [0.15, 0.2) is 5.96 Å². The second-order valence-electron chi connectivity index (χ2n) is 4.81. The van der Waals surface area contributed by atoms with E-state index in [0.29, 0.717) is 18.1 Å². The summed E-state index contributed by atoms with van der Waals surface area (Å²) in [7, 11) is 0. The van der Waals surface area contributed by atoms with Crippen molar-refractivity contribution in [2.24, 2.45) is 10.7 Å². The van der Waals surface area contributed by atoms with E-state index in [9.17, 15) is 4.39 Å². The van der Waals surface area contributed by atoms with Crippen molar-refractivity contribution in [1.82, 2.24) is 4.90 Å². The molecule has 1 aliphatic heterocycles. The summed E-state index contributed by atoms with van der Waals surface area (Å²) in [6.45, 7) is 4.27. The molecular formula is C14H20FN3. The van der Waals surface area contributed by atoms with E-state index >= 15 is 0 Å². The third kappa shape index (κ3) is 3.22. The Morgan fingerprint density at radius 1 is 1.33 bits per heavy atom. The van der Waals surface area contributed by atoms with Gasteiger partial charge in [-0.2, -0.15) is 0 Å². The maximum atomic E-state index is 13.1. The second kappa shape index (κ2) is 5.85. The minimum Gasteiger partial charge on any atom is -0.370 e. The summed E-state index contributed by atoms with van der Waals surface area (Å²) in [6, 6.07) is 5.06. The van der Waals surface area contributed by atoms with Crippen molar-refractivity contribution < 1.29 is 4.39 Å². The summed E-state index contributed by atoms with van der Waals surface area (Å²) in [5, 5.41) is 0. The predicted octanol–water partition coefficient (Wildman–Crippen LogP) is 2.43. The highest BCUT2D eigenvalue weighted by atomic mass is 19.1. The van der Waals surface area contributed by atoms with Gasteiger partial charge in [0.05, 0.1) is 6.54 Å². The standard InChI is InChI=1S/C14H20FN3/c1-11-9-12(5-6-13(11)15)10-17-14(16)18-7-3-2-4-8-18/h5-6,9H,2-4,7-8,10H2,1H3,(H2,16,17). The van der Waals surface area contributed by atoms with Crippen molar-refractivity contribution in [2.45, 2.75) is 32.7 Å². The zero-order valence-corrected chi connectivity index (χ0v) is 10.8. The van der Waals surface area contributed by atoms with Crippen molar-refractivity contribution in [3.8, 4) is 0 Å². The average Bonchev–Trinajstić information content (AvgIpc) is 2.41. The highest BCUT2D eigenvalue weighted by Crippen LogP contribution is 2.11. The molecule has 0 aromatic heterocycles. The van der Waals surface area contributed by atoms with Gasteiger partial charge in [0.25, 0.3) is 0 Å². The van der Waals surface area contributed by atoms with Gasteiger partial charge in [-0.15, -0.1) is 0 Å². The fourth-order valence-corrected chi connectivity index (χ4v) is 2.20. The molecular weight excluding hydrogens is 229 g/mol. The Bertz CT molecular complexity index is 437. The second-order valence-corrected chi connectivity index (χ2v) is 4.81. The lowest BCUT2D eigenvalue weighted by atomic mass is 10.1. The van der Waals surface area contributed by atoms with E-state index in [1.807, 2.05) is 6.07 Å². The molecule has 1 heterocycles. The van der Waals surface area contributed by atoms with Crippen molar-refractivity contribution in [2.75, 3.05) is 13.1 Å². The van der Waals surface area contributed by atoms with Crippen LogP contribution in [0.3, 0.4) is 0 Å². The Morgan fingerprint density at radius 3 is 2.72 bits per heavy atom. The number of aryl methyl sites for hydroxylation is 1. The molecule has 0 unspecified atom stereocenters. The van der Waals surface area contributed by atoms with Gasteiger partial charge in [0.2, 0.25) is 0 Å². The van der Waals surface area contributed by atoms with Gasteiger partial charge in [0, 0.05) is 13.1 Å². The molecule has 0 spiro atoms. The van der Waals surface area contributed by atoms with Gasteiger partial charge in [-0.05, 0) is 43.4 Å². The minimum atomic E-state index is -0.174. The number of nitrogens with zero attached hydrogens (tertiary/aromatic N) is 2. The van der Waals surface area contributed by atoms with Crippen LogP contribution in [0.4, 0.5) is 4.39 Å². The molecule has 1 aromatic rings. The van der Waals surface area contributed by atoms with E-state index in [-0.39, 0.29) is 5.82 Å². The molecule has 2 N–H and O–H groups in total. The molecule has 1 fully saturated rings. The normalized spacial score (nSPS) is 17.0. The number of hydrogen-bond acceptors (Lipinski definition) is 1. The van der Waals surface area contributed by atoms with Crippen molar-refractivity contribution in [1.29, 1.82) is 0 Å². The molecule has 2 rings (SSSR count). The van der Waals surface area contributed by atoms with E-state index in [4.69, 9.17) is 5.73 Å². The van der Waals surface area contributed by atoms with Gasteiger partial charge >= 0.3 is 0 Å². The van der Waals surface area contributed by atoms with Gasteiger partial charge in [-0.3, -0.25) is 0 Å². The number of nitrogens with two attached hydrogens (primary N) is 1. The van der Waals surface area contributed by atoms with Crippen LogP contribution in [0, 0.1) is 12.7 Å². The summed E-state index contributed by atoms with van der Waals surface area (Å²) in [5.41, 5.74) is 7.61. The van der Waals surface area contributed by atoms with Gasteiger partial charge in [-0.1, -0.05) is 12.1 Å². The van der Waals surface area contributed by atoms with Gasteiger partial charge < -0.3 is 10.6 Å². The molecule has 0 bridgehead atoms. The number of halogens is 1. The number of piperidine rings is 1. The maximum absolute atomic E-state index is 13.1. The monoisotopic (exact) mass is 249 g/mol. The van der Waals surface area contributed by atoms with Crippen molar-refractivity contribution >= 4 is 5.96 Å². The molecule has 1 saturated heterocycles. The van der Waals surface area contributed by atoms with Gasteiger partial charge in [0.1, 0.15) is 5.82 Å². The third-order valence-corrected chi connectivity index (χ3v) is 3.33. The number of aliphatic imine (C=N–C) groups is 1. The number of rotatable bonds is 2. The van der Waals surface area contributed by atoms with Crippen LogP contribution in [0.2, 0.25) is 0 Å². The van der Waals surface area contributed by atoms with Crippen LogP contribution in [0.25, 0.3) is 0 Å². The fourth-order valence-electron chi connectivity index (χ4n) is 2.20. The summed E-state index contributed by atoms with van der Waals surface area (Å²) in [6.07, 6.45) is 3.65. The van der Waals surface area contributed by atoms with E-state index in [1.54, 1.807) is 13.0 Å². The molecule has 18 heavy (non-hydrogen) atoms. The number of likely N-dealkylation sites (tertiary alicyclic amines) is 1. The lowest BCUT2D eigenvalue weighted by Crippen LogP contribution is -2.40. The molecule has 98 valence electrons. The molecule has 0 amide bonds. The lowest BCUT2D eigenvalue weighted by Gasteiger charge is -2.27. The Balaban J connectivity index is 1.98. The summed E-state index contributed by atoms with van der Waals surface area (Å²) >= 11 is 0. The highest BCUT2D eigenvalue weighted by molar-refractivity contribution is 5.78. The number of benzene rings is 1. The molecule has 0 aliphatic carbocycles. The van der Waals surface area contributed by atoms with Crippen LogP contribution in [0.15, 0.2) is 23.2 Å². The quantitative estimate of drug-likeness (QED) is 0.646. The van der Waals surface area contributed by atoms with Crippen LogP contribution in [-0.2, 0) is 6.54 Å². The molecule has 1 aliphatic rings. The van der Waals surface area contributed by atoms with E-state index in [0.717, 1.165) is 18.7 Å². The van der Waals surface area contributed by atoms with Crippen molar-refractivity contribution in [3.63, 3.8) is 0 Å². The maximum Gasteiger partial charge on any atom is 0.191 e. The Kier molecular flexibility index (Phi) is 4.18. The summed E-state index contributed by atoms with van der Waals surface area (Å²) in [5.74, 6) is 0.434. The SMILES string of the molecule is Cc1cc(CN=C(N)N2CCCCC2)ccc1F. The third-order valence-electron chi connectivity index (χ3n) is 3.33. The molecule has 1 aromatic carbocycles. The van der Waals surface area contributed by atoms with Crippen molar-refractivity contribution in [3.05, 3.63) is 35.1 Å². The molecule has 4 heteroatoms. The minimum absolute atomic E-state index is 0.174. The topological polar surface area (TPSA) is 41.6 Å². The van der Waals surface area contributed by atoms with Crippen LogP contribution in [0.5, 0.6) is 0 Å². The Morgan fingerprint density at radius 2 is 2.06 bits per heavy atom. The van der Waals surface area contributed by atoms with Crippen LogP contribution < -0.4 is 5.73 Å². The predicted molar refractivity (Wildman–Crippen MR) is 71.9 cm³/mol. The zero-order valence-electron chi connectivity index (χ0n) is 10.8. The lowest BCUT2D eigenvalue weighted by molar-refractivity contribution is 0.338. The molecule has 0 radical (unpaired) electrons. The van der Waals surface area contributed by atoms with Crippen LogP contribution in [0.1, 0.15) is 30.4 Å². The summed E-state index contributed by atoms with van der Waals surface area (Å²) in [4.78, 5) is 6.51. The first kappa shape index (κ1) is 12.9. The van der Waals surface area contributed by atoms with Gasteiger partial charge in [-0.25, -0.2) is 9.38 Å². The largest absolute Gasteiger partial charge is 0.370 e. The highest BCUT2D eigenvalue weighted by Gasteiger charge is 2.11. The molecule has 0 saturated carbocycles. The Labute approximate surface area is 108 Å². The number of hydrogen-bond donors (Lipinski definition) is 1. The first-order valence-electron chi connectivity index (χ1n) is 6.47. The van der Waals surface area contributed by atoms with Crippen LogP contribution in [-0.4, -0.2) is 23.9 Å². The zero-order chi connectivity index (χ0) is 13.0. The fraction of sp³-hybridized carbons (Fsp3) is 0.500. The Hall–Kier alpha value is -1.58. The summed E-state index contributed by atoms with van der Waals surface area (Å²) < 4.78 is 13.1. The van der Waals surface area contributed by atoms with E-state index < -0.39 is 0 Å².